The topological polar surface area (TPSA) is 55.4 Å². The van der Waals surface area contributed by atoms with Crippen LogP contribution >= 0.6 is 0 Å². The van der Waals surface area contributed by atoms with E-state index in [4.69, 9.17) is 4.74 Å². The molecule has 0 radical (unpaired) electrons. The summed E-state index contributed by atoms with van der Waals surface area (Å²) >= 11 is 0. The van der Waals surface area contributed by atoms with Crippen LogP contribution in [0.25, 0.3) is 0 Å². The summed E-state index contributed by atoms with van der Waals surface area (Å²) in [6, 6.07) is -0.426. The molecule has 0 aromatic rings. The van der Waals surface area contributed by atoms with Crippen LogP contribution in [0.5, 0.6) is 0 Å². The third kappa shape index (κ3) is 3.36. The fraction of sp³-hybridized carbons (Fsp3) is 0.800. The summed E-state index contributed by atoms with van der Waals surface area (Å²) in [5, 5.41) is 2.58. The standard InChI is InChI=1S/C10H17NO3/c1-10(2,3)6-14-9(13)7-4-5-8(12)11-7/h7H,4-6H2,1-3H3,(H,11,12). The third-order valence-corrected chi connectivity index (χ3v) is 1.93. The molecule has 1 saturated heterocycles. The molecule has 1 fully saturated rings. The predicted octanol–water partition coefficient (Wildman–Crippen LogP) is 0.854. The highest BCUT2D eigenvalue weighted by molar-refractivity contribution is 5.88. The van der Waals surface area contributed by atoms with Crippen molar-refractivity contribution < 1.29 is 14.3 Å². The van der Waals surface area contributed by atoms with E-state index in [9.17, 15) is 9.59 Å². The number of ether oxygens (including phenoxy) is 1. The molecule has 4 nitrogen and oxygen atoms in total. The highest BCUT2D eigenvalue weighted by Gasteiger charge is 2.29. The van der Waals surface area contributed by atoms with Crippen LogP contribution in [0.15, 0.2) is 0 Å². The van der Waals surface area contributed by atoms with Crippen LogP contribution in [0.1, 0.15) is 33.6 Å². The molecule has 1 N–H and O–H groups in total. The first-order valence-corrected chi connectivity index (χ1v) is 4.84. The van der Waals surface area contributed by atoms with Gasteiger partial charge in [0.15, 0.2) is 0 Å². The van der Waals surface area contributed by atoms with Gasteiger partial charge in [-0.25, -0.2) is 4.79 Å². The van der Waals surface area contributed by atoms with Crippen LogP contribution in [-0.4, -0.2) is 24.5 Å². The van der Waals surface area contributed by atoms with E-state index in [1.54, 1.807) is 0 Å². The molecule has 1 rings (SSSR count). The second kappa shape index (κ2) is 3.98. The largest absolute Gasteiger partial charge is 0.464 e. The van der Waals surface area contributed by atoms with Gasteiger partial charge >= 0.3 is 5.97 Å². The maximum absolute atomic E-state index is 11.4. The summed E-state index contributed by atoms with van der Waals surface area (Å²) in [6.07, 6.45) is 0.983. The molecular weight excluding hydrogens is 182 g/mol. The molecule has 4 heteroatoms. The van der Waals surface area contributed by atoms with E-state index in [1.165, 1.54) is 0 Å². The van der Waals surface area contributed by atoms with Crippen molar-refractivity contribution in [3.63, 3.8) is 0 Å². The van der Waals surface area contributed by atoms with E-state index < -0.39 is 6.04 Å². The van der Waals surface area contributed by atoms with E-state index in [1.807, 2.05) is 20.8 Å². The highest BCUT2D eigenvalue weighted by Crippen LogP contribution is 2.15. The Morgan fingerprint density at radius 3 is 2.64 bits per heavy atom. The Hall–Kier alpha value is -1.06. The van der Waals surface area contributed by atoms with Crippen molar-refractivity contribution in [3.05, 3.63) is 0 Å². The zero-order valence-corrected chi connectivity index (χ0v) is 8.92. The average molecular weight is 199 g/mol. The van der Waals surface area contributed by atoms with Crippen LogP contribution in [0, 0.1) is 5.41 Å². The molecular formula is C10H17NO3. The smallest absolute Gasteiger partial charge is 0.328 e. The molecule has 14 heavy (non-hydrogen) atoms. The van der Waals surface area contributed by atoms with Crippen LogP contribution in [0.2, 0.25) is 0 Å². The fourth-order valence-corrected chi connectivity index (χ4v) is 1.18. The lowest BCUT2D eigenvalue weighted by molar-refractivity contribution is -0.149. The Balaban J connectivity index is 2.32. The molecule has 0 aliphatic carbocycles. The second-order valence-electron chi connectivity index (χ2n) is 4.83. The summed E-state index contributed by atoms with van der Waals surface area (Å²) in [5.74, 6) is -0.381. The lowest BCUT2D eigenvalue weighted by Crippen LogP contribution is -2.35. The van der Waals surface area contributed by atoms with Gasteiger partial charge in [-0.05, 0) is 11.8 Å². The van der Waals surface area contributed by atoms with Crippen LogP contribution in [0.4, 0.5) is 0 Å². The second-order valence-corrected chi connectivity index (χ2v) is 4.83. The minimum absolute atomic E-state index is 0.0295. The van der Waals surface area contributed by atoms with Crippen molar-refractivity contribution >= 4 is 11.9 Å². The lowest BCUT2D eigenvalue weighted by atomic mass is 9.99. The molecule has 0 spiro atoms. The van der Waals surface area contributed by atoms with Gasteiger partial charge in [0.25, 0.3) is 0 Å². The number of amides is 1. The number of carbonyl (C=O) groups is 2. The molecule has 1 aliphatic heterocycles. The monoisotopic (exact) mass is 199 g/mol. The first-order valence-electron chi connectivity index (χ1n) is 4.84. The molecule has 1 aliphatic rings. The first kappa shape index (κ1) is 11.0. The summed E-state index contributed by atoms with van der Waals surface area (Å²) in [4.78, 5) is 22.2. The van der Waals surface area contributed by atoms with Crippen molar-refractivity contribution in [2.75, 3.05) is 6.61 Å². The average Bonchev–Trinajstić information content (AvgIpc) is 2.46. The highest BCUT2D eigenvalue weighted by atomic mass is 16.5. The van der Waals surface area contributed by atoms with Gasteiger partial charge in [-0.2, -0.15) is 0 Å². The van der Waals surface area contributed by atoms with Gasteiger partial charge in [0, 0.05) is 6.42 Å². The molecule has 0 aromatic heterocycles. The normalized spacial score (nSPS) is 21.9. The maximum atomic E-state index is 11.4. The number of hydrogen-bond acceptors (Lipinski definition) is 3. The quantitative estimate of drug-likeness (QED) is 0.671. The Bertz CT molecular complexity index is 242. The minimum atomic E-state index is -0.426. The summed E-state index contributed by atoms with van der Waals surface area (Å²) in [5.41, 5.74) is -0.0295. The van der Waals surface area contributed by atoms with Gasteiger partial charge in [-0.3, -0.25) is 4.79 Å². The Morgan fingerprint density at radius 2 is 2.21 bits per heavy atom. The molecule has 1 atom stereocenters. The van der Waals surface area contributed by atoms with E-state index in [0.717, 1.165) is 0 Å². The van der Waals surface area contributed by atoms with Crippen molar-refractivity contribution in [3.8, 4) is 0 Å². The van der Waals surface area contributed by atoms with Crippen LogP contribution in [-0.2, 0) is 14.3 Å². The molecule has 80 valence electrons. The molecule has 1 unspecified atom stereocenters. The van der Waals surface area contributed by atoms with Crippen molar-refractivity contribution in [1.82, 2.24) is 5.32 Å². The van der Waals surface area contributed by atoms with E-state index in [0.29, 0.717) is 19.4 Å². The van der Waals surface area contributed by atoms with Crippen molar-refractivity contribution in [2.24, 2.45) is 5.41 Å². The summed E-state index contributed by atoms with van der Waals surface area (Å²) in [6.45, 7) is 6.37. The van der Waals surface area contributed by atoms with E-state index >= 15 is 0 Å². The summed E-state index contributed by atoms with van der Waals surface area (Å²) < 4.78 is 5.09. The van der Waals surface area contributed by atoms with Gasteiger partial charge in [0.1, 0.15) is 6.04 Å². The fourth-order valence-electron chi connectivity index (χ4n) is 1.18. The minimum Gasteiger partial charge on any atom is -0.464 e. The SMILES string of the molecule is CC(C)(C)COC(=O)C1CCC(=O)N1. The molecule has 0 bridgehead atoms. The van der Waals surface area contributed by atoms with E-state index in [2.05, 4.69) is 5.32 Å². The van der Waals surface area contributed by atoms with Crippen molar-refractivity contribution in [2.45, 2.75) is 39.7 Å². The number of esters is 1. The number of hydrogen-bond donors (Lipinski definition) is 1. The Morgan fingerprint density at radius 1 is 1.57 bits per heavy atom. The maximum Gasteiger partial charge on any atom is 0.328 e. The Kier molecular flexibility index (Phi) is 3.13. The molecule has 0 saturated carbocycles. The van der Waals surface area contributed by atoms with Crippen molar-refractivity contribution in [1.29, 1.82) is 0 Å². The zero-order valence-electron chi connectivity index (χ0n) is 8.92. The number of rotatable bonds is 2. The van der Waals surface area contributed by atoms with E-state index in [-0.39, 0.29) is 17.3 Å². The molecule has 1 amide bonds. The predicted molar refractivity (Wildman–Crippen MR) is 51.6 cm³/mol. The molecule has 1 heterocycles. The zero-order chi connectivity index (χ0) is 10.8. The van der Waals surface area contributed by atoms with Gasteiger partial charge in [-0.15, -0.1) is 0 Å². The van der Waals surface area contributed by atoms with Gasteiger partial charge < -0.3 is 10.1 Å². The Labute approximate surface area is 84.0 Å². The third-order valence-electron chi connectivity index (χ3n) is 1.93. The first-order chi connectivity index (χ1) is 6.38. The van der Waals surface area contributed by atoms with Gasteiger partial charge in [0.2, 0.25) is 5.91 Å². The molecule has 0 aromatic carbocycles. The summed E-state index contributed by atoms with van der Waals surface area (Å²) in [7, 11) is 0. The number of carbonyl (C=O) groups excluding carboxylic acids is 2. The lowest BCUT2D eigenvalue weighted by Gasteiger charge is -2.19. The van der Waals surface area contributed by atoms with Gasteiger partial charge in [0.05, 0.1) is 6.61 Å². The number of nitrogens with one attached hydrogen (secondary N) is 1. The van der Waals surface area contributed by atoms with Gasteiger partial charge in [-0.1, -0.05) is 20.8 Å². The van der Waals surface area contributed by atoms with Crippen LogP contribution in [0.3, 0.4) is 0 Å². The van der Waals surface area contributed by atoms with Crippen LogP contribution < -0.4 is 5.32 Å².